The molecule has 0 spiro atoms. The van der Waals surface area contributed by atoms with E-state index >= 15 is 0 Å². The summed E-state index contributed by atoms with van der Waals surface area (Å²) in [5.74, 6) is -0.155. The van der Waals surface area contributed by atoms with E-state index in [1.54, 1.807) is 18.3 Å². The molecule has 0 amide bonds. The molecule has 1 aromatic heterocycles. The molecule has 0 saturated carbocycles. The Morgan fingerprint density at radius 2 is 2.20 bits per heavy atom. The van der Waals surface area contributed by atoms with Crippen molar-refractivity contribution in [2.75, 3.05) is 13.1 Å². The Morgan fingerprint density at radius 3 is 3.00 bits per heavy atom. The maximum absolute atomic E-state index is 13.2. The van der Waals surface area contributed by atoms with Crippen molar-refractivity contribution in [1.29, 1.82) is 0 Å². The first kappa shape index (κ1) is 13.2. The number of likely N-dealkylation sites (tertiary alicyclic amines) is 1. The van der Waals surface area contributed by atoms with Gasteiger partial charge in [-0.25, -0.2) is 9.07 Å². The summed E-state index contributed by atoms with van der Waals surface area (Å²) in [6.45, 7) is 2.89. The third kappa shape index (κ3) is 3.22. The molecular formula is C15H19FN4. The van der Waals surface area contributed by atoms with Crippen LogP contribution < -0.4 is 0 Å². The Kier molecular flexibility index (Phi) is 4.06. The van der Waals surface area contributed by atoms with Gasteiger partial charge in [0.2, 0.25) is 0 Å². The van der Waals surface area contributed by atoms with Crippen molar-refractivity contribution >= 4 is 0 Å². The number of hydrogen-bond acceptors (Lipinski definition) is 3. The van der Waals surface area contributed by atoms with Gasteiger partial charge in [-0.05, 0) is 43.5 Å². The maximum Gasteiger partial charge on any atom is 0.123 e. The van der Waals surface area contributed by atoms with Crippen molar-refractivity contribution in [3.05, 3.63) is 48.0 Å². The fourth-order valence-electron chi connectivity index (χ4n) is 2.87. The molecular weight excluding hydrogens is 255 g/mol. The molecule has 1 atom stereocenters. The summed E-state index contributed by atoms with van der Waals surface area (Å²) < 4.78 is 15.2. The summed E-state index contributed by atoms with van der Waals surface area (Å²) >= 11 is 0. The van der Waals surface area contributed by atoms with Gasteiger partial charge >= 0.3 is 0 Å². The van der Waals surface area contributed by atoms with Gasteiger partial charge in [0.15, 0.2) is 0 Å². The Balaban J connectivity index is 1.60. The summed E-state index contributed by atoms with van der Waals surface area (Å²) in [6.07, 6.45) is 7.00. The Bertz CT molecular complexity index is 541. The Hall–Kier alpha value is -1.75. The van der Waals surface area contributed by atoms with Crippen LogP contribution in [0.15, 0.2) is 36.7 Å². The minimum absolute atomic E-state index is 0.155. The molecule has 0 aliphatic carbocycles. The number of benzene rings is 1. The molecule has 1 saturated heterocycles. The van der Waals surface area contributed by atoms with Crippen LogP contribution in [-0.2, 0) is 6.54 Å². The zero-order valence-electron chi connectivity index (χ0n) is 11.5. The largest absolute Gasteiger partial charge is 0.299 e. The van der Waals surface area contributed by atoms with Gasteiger partial charge in [-0.3, -0.25) is 4.90 Å². The van der Waals surface area contributed by atoms with Crippen molar-refractivity contribution in [2.24, 2.45) is 0 Å². The predicted octanol–water partition coefficient (Wildman–Crippen LogP) is 2.64. The lowest BCUT2D eigenvalue weighted by atomic mass is 10.1. The standard InChI is InChI=1S/C15H19FN4/c16-14-4-1-3-13(11-14)12-19-8-2-5-15(6-9-19)20-10-7-17-18-20/h1,3-4,7,10-11,15H,2,5-6,8-9,12H2. The van der Waals surface area contributed by atoms with Crippen molar-refractivity contribution in [1.82, 2.24) is 19.9 Å². The average molecular weight is 274 g/mol. The average Bonchev–Trinajstić information content (AvgIpc) is 2.87. The van der Waals surface area contributed by atoms with Gasteiger partial charge in [0.25, 0.3) is 0 Å². The molecule has 1 fully saturated rings. The van der Waals surface area contributed by atoms with E-state index in [4.69, 9.17) is 0 Å². The summed E-state index contributed by atoms with van der Waals surface area (Å²) in [6, 6.07) is 7.32. The normalized spacial score (nSPS) is 20.8. The number of halogens is 1. The molecule has 3 rings (SSSR count). The van der Waals surface area contributed by atoms with Crippen LogP contribution in [0.3, 0.4) is 0 Å². The topological polar surface area (TPSA) is 34.0 Å². The summed E-state index contributed by atoms with van der Waals surface area (Å²) in [5, 5.41) is 7.98. The minimum Gasteiger partial charge on any atom is -0.299 e. The van der Waals surface area contributed by atoms with Gasteiger partial charge in [-0.15, -0.1) is 5.10 Å². The molecule has 106 valence electrons. The van der Waals surface area contributed by atoms with E-state index in [2.05, 4.69) is 15.2 Å². The SMILES string of the molecule is Fc1cccc(CN2CCCC(n3ccnn3)CC2)c1. The fourth-order valence-corrected chi connectivity index (χ4v) is 2.87. The zero-order valence-corrected chi connectivity index (χ0v) is 11.5. The molecule has 5 heteroatoms. The number of hydrogen-bond donors (Lipinski definition) is 0. The first-order valence-electron chi connectivity index (χ1n) is 7.14. The second-order valence-electron chi connectivity index (χ2n) is 5.37. The third-order valence-electron chi connectivity index (χ3n) is 3.90. The summed E-state index contributed by atoms with van der Waals surface area (Å²) in [5.41, 5.74) is 1.05. The molecule has 1 aliphatic rings. The lowest BCUT2D eigenvalue weighted by Gasteiger charge is -2.20. The van der Waals surface area contributed by atoms with Crippen molar-refractivity contribution in [3.63, 3.8) is 0 Å². The molecule has 2 heterocycles. The Morgan fingerprint density at radius 1 is 1.25 bits per heavy atom. The monoisotopic (exact) mass is 274 g/mol. The van der Waals surface area contributed by atoms with E-state index in [-0.39, 0.29) is 5.82 Å². The molecule has 0 radical (unpaired) electrons. The van der Waals surface area contributed by atoms with Gasteiger partial charge in [0.1, 0.15) is 5.82 Å². The zero-order chi connectivity index (χ0) is 13.8. The van der Waals surface area contributed by atoms with E-state index in [1.807, 2.05) is 16.9 Å². The highest BCUT2D eigenvalue weighted by atomic mass is 19.1. The van der Waals surface area contributed by atoms with E-state index in [9.17, 15) is 4.39 Å². The predicted molar refractivity (Wildman–Crippen MR) is 74.6 cm³/mol. The molecule has 1 unspecified atom stereocenters. The van der Waals surface area contributed by atoms with Crippen molar-refractivity contribution in [3.8, 4) is 0 Å². The van der Waals surface area contributed by atoms with E-state index < -0.39 is 0 Å². The number of nitrogens with zero attached hydrogens (tertiary/aromatic N) is 4. The summed E-state index contributed by atoms with van der Waals surface area (Å²) in [4.78, 5) is 2.39. The van der Waals surface area contributed by atoms with Crippen molar-refractivity contribution in [2.45, 2.75) is 31.8 Å². The molecule has 2 aromatic rings. The van der Waals surface area contributed by atoms with Crippen LogP contribution in [0.1, 0.15) is 30.9 Å². The van der Waals surface area contributed by atoms with Crippen molar-refractivity contribution < 1.29 is 4.39 Å². The Labute approximate surface area is 118 Å². The van der Waals surface area contributed by atoms with Crippen LogP contribution in [0.2, 0.25) is 0 Å². The van der Waals surface area contributed by atoms with E-state index in [0.717, 1.165) is 44.5 Å². The molecule has 1 aromatic carbocycles. The molecule has 0 bridgehead atoms. The molecule has 1 aliphatic heterocycles. The quantitative estimate of drug-likeness (QED) is 0.863. The number of rotatable bonds is 3. The van der Waals surface area contributed by atoms with Crippen LogP contribution >= 0.6 is 0 Å². The first-order chi connectivity index (χ1) is 9.81. The van der Waals surface area contributed by atoms with Crippen LogP contribution in [0.25, 0.3) is 0 Å². The highest BCUT2D eigenvalue weighted by Crippen LogP contribution is 2.22. The second-order valence-corrected chi connectivity index (χ2v) is 5.37. The molecule has 0 N–H and O–H groups in total. The van der Waals surface area contributed by atoms with Gasteiger partial charge in [-0.2, -0.15) is 0 Å². The van der Waals surface area contributed by atoms with Gasteiger partial charge < -0.3 is 0 Å². The highest BCUT2D eigenvalue weighted by molar-refractivity contribution is 5.16. The third-order valence-corrected chi connectivity index (χ3v) is 3.90. The van der Waals surface area contributed by atoms with Crippen LogP contribution in [0.4, 0.5) is 4.39 Å². The van der Waals surface area contributed by atoms with Gasteiger partial charge in [-0.1, -0.05) is 17.3 Å². The fraction of sp³-hybridized carbons (Fsp3) is 0.467. The highest BCUT2D eigenvalue weighted by Gasteiger charge is 2.18. The van der Waals surface area contributed by atoms with Crippen LogP contribution in [-0.4, -0.2) is 33.0 Å². The second kappa shape index (κ2) is 6.13. The van der Waals surface area contributed by atoms with E-state index in [0.29, 0.717) is 6.04 Å². The summed E-state index contributed by atoms with van der Waals surface area (Å²) in [7, 11) is 0. The lowest BCUT2D eigenvalue weighted by Crippen LogP contribution is -2.24. The van der Waals surface area contributed by atoms with Gasteiger partial charge in [0.05, 0.1) is 12.2 Å². The lowest BCUT2D eigenvalue weighted by molar-refractivity contribution is 0.270. The van der Waals surface area contributed by atoms with E-state index in [1.165, 1.54) is 6.07 Å². The van der Waals surface area contributed by atoms with Crippen LogP contribution in [0.5, 0.6) is 0 Å². The first-order valence-corrected chi connectivity index (χ1v) is 7.14. The number of aromatic nitrogens is 3. The maximum atomic E-state index is 13.2. The van der Waals surface area contributed by atoms with Crippen LogP contribution in [0, 0.1) is 5.82 Å². The molecule has 4 nitrogen and oxygen atoms in total. The minimum atomic E-state index is -0.155. The molecule has 20 heavy (non-hydrogen) atoms. The van der Waals surface area contributed by atoms with Gasteiger partial charge in [0, 0.05) is 19.3 Å². The smallest absolute Gasteiger partial charge is 0.123 e.